The van der Waals surface area contributed by atoms with Crippen molar-refractivity contribution in [2.75, 3.05) is 6.61 Å². The molecular weight excluding hydrogens is 243 g/mol. The molecule has 0 fully saturated rings. The summed E-state index contributed by atoms with van der Waals surface area (Å²) in [5.41, 5.74) is 0.712. The SMILES string of the molecule is CCOP(=S)(S)[C@@H](C)c1ccccc1C. The smallest absolute Gasteiger partial charge is 0.123 e. The number of thiol groups is 1. The van der Waals surface area contributed by atoms with Crippen LogP contribution in [0.1, 0.15) is 30.6 Å². The average Bonchev–Trinajstić information content (AvgIpc) is 2.17. The molecule has 1 nitrogen and oxygen atoms in total. The summed E-state index contributed by atoms with van der Waals surface area (Å²) in [7, 11) is 0. The van der Waals surface area contributed by atoms with Crippen LogP contribution in [0.2, 0.25) is 0 Å². The zero-order valence-electron chi connectivity index (χ0n) is 9.30. The van der Waals surface area contributed by atoms with Crippen molar-refractivity contribution in [3.8, 4) is 0 Å². The lowest BCUT2D eigenvalue weighted by Crippen LogP contribution is -1.97. The standard InChI is InChI=1S/C11H17OPS2/c1-4-12-13(14,15)10(3)11-8-6-5-7-9(11)2/h5-8,10H,4H2,1-3H3,(H,14,15)/t10-/m0/s1. The fourth-order valence-electron chi connectivity index (χ4n) is 1.53. The first-order valence-electron chi connectivity index (χ1n) is 5.01. The largest absolute Gasteiger partial charge is 0.341 e. The van der Waals surface area contributed by atoms with E-state index in [1.54, 1.807) is 0 Å². The summed E-state index contributed by atoms with van der Waals surface area (Å²) in [5.74, 6) is 0. The topological polar surface area (TPSA) is 9.23 Å². The van der Waals surface area contributed by atoms with Gasteiger partial charge in [-0.25, -0.2) is 0 Å². The third-order valence-corrected chi connectivity index (χ3v) is 6.98. The Morgan fingerprint density at radius 2 is 2.07 bits per heavy atom. The summed E-state index contributed by atoms with van der Waals surface area (Å²) in [6.45, 7) is 6.80. The van der Waals surface area contributed by atoms with Crippen LogP contribution in [0.5, 0.6) is 0 Å². The van der Waals surface area contributed by atoms with Crippen LogP contribution in [0.15, 0.2) is 24.3 Å². The maximum Gasteiger partial charge on any atom is 0.123 e. The third-order valence-electron chi connectivity index (χ3n) is 2.44. The minimum atomic E-state index is -2.00. The Balaban J connectivity index is 2.99. The van der Waals surface area contributed by atoms with Gasteiger partial charge >= 0.3 is 0 Å². The molecule has 0 aromatic heterocycles. The second-order valence-corrected chi connectivity index (χ2v) is 9.90. The lowest BCUT2D eigenvalue weighted by Gasteiger charge is -2.24. The maximum atomic E-state index is 5.59. The number of hydrogen-bond acceptors (Lipinski definition) is 2. The van der Waals surface area contributed by atoms with E-state index >= 15 is 0 Å². The molecule has 1 rings (SSSR count). The van der Waals surface area contributed by atoms with Gasteiger partial charge in [0, 0.05) is 12.3 Å². The molecule has 0 bridgehead atoms. The second-order valence-electron chi connectivity index (χ2n) is 3.51. The summed E-state index contributed by atoms with van der Waals surface area (Å²) in [5, 5.41) is 0. The van der Waals surface area contributed by atoms with E-state index < -0.39 is 5.47 Å². The highest BCUT2D eigenvalue weighted by Crippen LogP contribution is 2.64. The Bertz CT molecular complexity index is 379. The van der Waals surface area contributed by atoms with Crippen LogP contribution < -0.4 is 0 Å². The Hall–Kier alpha value is 0.180. The van der Waals surface area contributed by atoms with E-state index in [-0.39, 0.29) is 5.66 Å². The monoisotopic (exact) mass is 260 g/mol. The molecule has 0 amide bonds. The lowest BCUT2D eigenvalue weighted by atomic mass is 10.1. The third kappa shape index (κ3) is 3.32. The Morgan fingerprint density at radius 3 is 2.60 bits per heavy atom. The fraction of sp³-hybridized carbons (Fsp3) is 0.455. The predicted molar refractivity (Wildman–Crippen MR) is 74.5 cm³/mol. The summed E-state index contributed by atoms with van der Waals surface area (Å²) < 4.78 is 5.59. The Morgan fingerprint density at radius 1 is 1.47 bits per heavy atom. The molecule has 0 saturated carbocycles. The zero-order valence-corrected chi connectivity index (χ0v) is 11.9. The van der Waals surface area contributed by atoms with Gasteiger partial charge in [-0.15, -0.1) is 12.2 Å². The van der Waals surface area contributed by atoms with Gasteiger partial charge in [-0.3, -0.25) is 0 Å². The van der Waals surface area contributed by atoms with Gasteiger partial charge in [0.1, 0.15) is 5.47 Å². The molecule has 84 valence electrons. The van der Waals surface area contributed by atoms with Gasteiger partial charge in [0.2, 0.25) is 0 Å². The van der Waals surface area contributed by atoms with Crippen molar-refractivity contribution in [2.24, 2.45) is 0 Å². The highest BCUT2D eigenvalue weighted by Gasteiger charge is 2.23. The van der Waals surface area contributed by atoms with E-state index in [2.05, 4.69) is 38.2 Å². The molecule has 2 atom stereocenters. The molecule has 0 saturated heterocycles. The van der Waals surface area contributed by atoms with Crippen LogP contribution in [0, 0.1) is 6.92 Å². The van der Waals surface area contributed by atoms with Crippen molar-refractivity contribution in [1.82, 2.24) is 0 Å². The quantitative estimate of drug-likeness (QED) is 0.637. The number of benzene rings is 1. The molecule has 1 unspecified atom stereocenters. The molecule has 0 aliphatic rings. The minimum Gasteiger partial charge on any atom is -0.341 e. The molecule has 0 aliphatic heterocycles. The molecule has 0 spiro atoms. The molecule has 0 N–H and O–H groups in total. The summed E-state index contributed by atoms with van der Waals surface area (Å²) in [4.78, 5) is 0. The molecule has 0 radical (unpaired) electrons. The van der Waals surface area contributed by atoms with Crippen molar-refractivity contribution in [1.29, 1.82) is 0 Å². The number of aryl methyl sites for hydroxylation is 1. The van der Waals surface area contributed by atoms with Gasteiger partial charge in [-0.2, -0.15) is 0 Å². The Kier molecular flexibility index (Phi) is 4.85. The number of hydrogen-bond donors (Lipinski definition) is 1. The van der Waals surface area contributed by atoms with Crippen molar-refractivity contribution < 1.29 is 4.52 Å². The predicted octanol–water partition coefficient (Wildman–Crippen LogP) is 4.33. The maximum absolute atomic E-state index is 5.59. The normalized spacial score (nSPS) is 17.1. The van der Waals surface area contributed by atoms with Crippen molar-refractivity contribution in [2.45, 2.75) is 26.4 Å². The van der Waals surface area contributed by atoms with E-state index in [9.17, 15) is 0 Å². The van der Waals surface area contributed by atoms with E-state index in [1.165, 1.54) is 11.1 Å². The molecule has 4 heteroatoms. The summed E-state index contributed by atoms with van der Waals surface area (Å²) >= 11 is 9.98. The first-order valence-corrected chi connectivity index (χ1v) is 8.95. The van der Waals surface area contributed by atoms with Gasteiger partial charge in [0.25, 0.3) is 0 Å². The summed E-state index contributed by atoms with van der Waals surface area (Å²) in [6.07, 6.45) is 0. The van der Waals surface area contributed by atoms with Crippen LogP contribution in [0.3, 0.4) is 0 Å². The fourth-order valence-corrected chi connectivity index (χ4v) is 4.14. The van der Waals surface area contributed by atoms with Crippen molar-refractivity contribution >= 4 is 29.5 Å². The van der Waals surface area contributed by atoms with Gasteiger partial charge in [0.05, 0.1) is 0 Å². The second kappa shape index (κ2) is 5.49. The van der Waals surface area contributed by atoms with Gasteiger partial charge < -0.3 is 4.52 Å². The van der Waals surface area contributed by atoms with Crippen LogP contribution in [-0.4, -0.2) is 6.61 Å². The van der Waals surface area contributed by atoms with Crippen molar-refractivity contribution in [3.63, 3.8) is 0 Å². The molecular formula is C11H17OPS2. The highest BCUT2D eigenvalue weighted by atomic mass is 32.9. The molecule has 0 aliphatic carbocycles. The van der Waals surface area contributed by atoms with Crippen LogP contribution in [-0.2, 0) is 16.3 Å². The first kappa shape index (κ1) is 13.2. The van der Waals surface area contributed by atoms with Gasteiger partial charge in [-0.05, 0) is 25.0 Å². The van der Waals surface area contributed by atoms with E-state index in [4.69, 9.17) is 16.3 Å². The van der Waals surface area contributed by atoms with Crippen LogP contribution in [0.25, 0.3) is 0 Å². The molecule has 1 aromatic carbocycles. The molecule has 15 heavy (non-hydrogen) atoms. The molecule has 0 heterocycles. The number of rotatable bonds is 4. The Labute approximate surface area is 102 Å². The van der Waals surface area contributed by atoms with Crippen LogP contribution >= 0.6 is 17.7 Å². The van der Waals surface area contributed by atoms with Crippen molar-refractivity contribution in [3.05, 3.63) is 35.4 Å². The van der Waals surface area contributed by atoms with Gasteiger partial charge in [-0.1, -0.05) is 43.0 Å². The lowest BCUT2D eigenvalue weighted by molar-refractivity contribution is 0.381. The van der Waals surface area contributed by atoms with Gasteiger partial charge in [0.15, 0.2) is 0 Å². The highest BCUT2D eigenvalue weighted by molar-refractivity contribution is 8.61. The van der Waals surface area contributed by atoms with E-state index in [0.29, 0.717) is 6.61 Å². The van der Waals surface area contributed by atoms with Crippen LogP contribution in [0.4, 0.5) is 0 Å². The average molecular weight is 260 g/mol. The minimum absolute atomic E-state index is 0.206. The first-order chi connectivity index (χ1) is 6.99. The zero-order chi connectivity index (χ0) is 11.5. The molecule has 1 aromatic rings. The van der Waals surface area contributed by atoms with E-state index in [1.807, 2.05) is 19.1 Å². The summed E-state index contributed by atoms with van der Waals surface area (Å²) in [6, 6.07) is 8.28. The van der Waals surface area contributed by atoms with E-state index in [0.717, 1.165) is 0 Å².